The van der Waals surface area contributed by atoms with Crippen LogP contribution in [0, 0.1) is 0 Å². The van der Waals surface area contributed by atoms with Gasteiger partial charge in [0, 0.05) is 18.7 Å². The van der Waals surface area contributed by atoms with E-state index in [-0.39, 0.29) is 23.7 Å². The molecule has 0 fully saturated rings. The summed E-state index contributed by atoms with van der Waals surface area (Å²) in [5, 5.41) is 8.14. The van der Waals surface area contributed by atoms with Crippen molar-refractivity contribution in [2.45, 2.75) is 57.7 Å². The molecule has 0 saturated heterocycles. The Bertz CT molecular complexity index is 643. The molecule has 0 N–H and O–H groups in total. The monoisotopic (exact) mass is 387 g/mol. The highest BCUT2D eigenvalue weighted by molar-refractivity contribution is 8.13. The van der Waals surface area contributed by atoms with Crippen molar-refractivity contribution in [3.63, 3.8) is 0 Å². The number of ether oxygens (including phenoxy) is 1. The van der Waals surface area contributed by atoms with Crippen LogP contribution >= 0.6 is 11.8 Å². The second-order valence-electron chi connectivity index (χ2n) is 5.99. The lowest BCUT2D eigenvalue weighted by molar-refractivity contribution is -0.154. The summed E-state index contributed by atoms with van der Waals surface area (Å²) >= 11 is 1.12. The molecule has 25 heavy (non-hydrogen) atoms. The average Bonchev–Trinajstić information content (AvgIpc) is 3.01. The first-order valence-corrected chi connectivity index (χ1v) is 8.46. The van der Waals surface area contributed by atoms with Gasteiger partial charge in [0.1, 0.15) is 16.3 Å². The Morgan fingerprint density at radius 1 is 1.36 bits per heavy atom. The van der Waals surface area contributed by atoms with E-state index in [4.69, 9.17) is 9.57 Å². The van der Waals surface area contributed by atoms with E-state index in [1.54, 1.807) is 6.92 Å². The number of halogens is 5. The van der Waals surface area contributed by atoms with Crippen LogP contribution < -0.4 is 4.74 Å². The van der Waals surface area contributed by atoms with E-state index in [1.165, 1.54) is 0 Å². The minimum Gasteiger partial charge on any atom is -0.468 e. The largest absolute Gasteiger partial charge is 0.468 e. The molecule has 1 aliphatic heterocycles. The number of oxime groups is 1. The number of aromatic nitrogens is 2. The summed E-state index contributed by atoms with van der Waals surface area (Å²) in [6, 6.07) is 0. The normalized spacial score (nSPS) is 16.9. The van der Waals surface area contributed by atoms with E-state index >= 15 is 0 Å². The van der Waals surface area contributed by atoms with Crippen molar-refractivity contribution in [1.82, 2.24) is 9.78 Å². The minimum atomic E-state index is -4.58. The number of alkyl halides is 5. The summed E-state index contributed by atoms with van der Waals surface area (Å²) in [4.78, 5) is 5.19. The molecule has 0 radical (unpaired) electrons. The number of hydrogen-bond donors (Lipinski definition) is 0. The third-order valence-corrected chi connectivity index (χ3v) is 4.25. The van der Waals surface area contributed by atoms with Gasteiger partial charge >= 0.3 is 6.18 Å². The first-order valence-electron chi connectivity index (χ1n) is 7.47. The molecular formula is C14H18F5N3O2S. The molecule has 1 aliphatic rings. The molecule has 11 heteroatoms. The molecule has 0 unspecified atom stereocenters. The molecule has 0 aliphatic carbocycles. The van der Waals surface area contributed by atoms with E-state index in [2.05, 4.69) is 10.3 Å². The zero-order valence-electron chi connectivity index (χ0n) is 13.9. The van der Waals surface area contributed by atoms with Gasteiger partial charge in [-0.1, -0.05) is 5.16 Å². The third-order valence-electron chi connectivity index (χ3n) is 3.26. The summed E-state index contributed by atoms with van der Waals surface area (Å²) in [5.74, 6) is -0.327. The second-order valence-corrected chi connectivity index (χ2v) is 7.04. The van der Waals surface area contributed by atoms with Gasteiger partial charge in [-0.05, 0) is 20.8 Å². The number of nitrogens with zero attached hydrogens (tertiary/aromatic N) is 3. The summed E-state index contributed by atoms with van der Waals surface area (Å²) in [7, 11) is 0. The van der Waals surface area contributed by atoms with Crippen molar-refractivity contribution in [2.24, 2.45) is 5.16 Å². The highest BCUT2D eigenvalue weighted by Gasteiger charge is 2.33. The Kier molecular flexibility index (Phi) is 5.85. The summed E-state index contributed by atoms with van der Waals surface area (Å²) in [6.45, 7) is 3.76. The van der Waals surface area contributed by atoms with E-state index in [1.807, 2.05) is 13.8 Å². The topological polar surface area (TPSA) is 48.6 Å². The van der Waals surface area contributed by atoms with Crippen LogP contribution in [-0.4, -0.2) is 33.2 Å². The SMILES string of the molecule is CCn1nc(C(F)F)c(CSC2=NOC(C)(C)C2)c1OCC(F)(F)F. The smallest absolute Gasteiger partial charge is 0.422 e. The lowest BCUT2D eigenvalue weighted by atomic mass is 10.1. The Hall–Kier alpha value is -1.52. The molecule has 1 aromatic heterocycles. The summed E-state index contributed by atoms with van der Waals surface area (Å²) < 4.78 is 69.6. The summed E-state index contributed by atoms with van der Waals surface area (Å²) in [5.41, 5.74) is -1.12. The molecule has 2 heterocycles. The Labute approximate surface area is 145 Å². The van der Waals surface area contributed by atoms with Crippen LogP contribution in [0.3, 0.4) is 0 Å². The van der Waals surface area contributed by atoms with Crippen LogP contribution in [0.25, 0.3) is 0 Å². The van der Waals surface area contributed by atoms with Crippen LogP contribution in [0.15, 0.2) is 5.16 Å². The van der Waals surface area contributed by atoms with E-state index in [0.29, 0.717) is 11.5 Å². The fourth-order valence-corrected chi connectivity index (χ4v) is 3.30. The number of aryl methyl sites for hydroxylation is 1. The van der Waals surface area contributed by atoms with Crippen molar-refractivity contribution in [3.8, 4) is 5.88 Å². The van der Waals surface area contributed by atoms with Gasteiger partial charge in [0.2, 0.25) is 5.88 Å². The van der Waals surface area contributed by atoms with Crippen LogP contribution in [-0.2, 0) is 17.1 Å². The molecule has 2 rings (SSSR count). The maximum atomic E-state index is 13.2. The van der Waals surface area contributed by atoms with Crippen LogP contribution in [0.1, 0.15) is 44.9 Å². The maximum Gasteiger partial charge on any atom is 0.422 e. The first kappa shape index (κ1) is 19.8. The molecule has 0 bridgehead atoms. The fourth-order valence-electron chi connectivity index (χ4n) is 2.17. The standard InChI is InChI=1S/C14H18F5N3O2S/c1-4-22-12(23-7-14(17,18)19)8(10(20-22)11(15)16)6-25-9-5-13(2,3)24-21-9/h11H,4-7H2,1-3H3. The average molecular weight is 387 g/mol. The number of rotatable bonds is 6. The van der Waals surface area contributed by atoms with Gasteiger partial charge in [0.05, 0.1) is 5.56 Å². The molecule has 0 spiro atoms. The Balaban J connectivity index is 2.22. The van der Waals surface area contributed by atoms with E-state index < -0.39 is 30.5 Å². The second kappa shape index (κ2) is 7.38. The van der Waals surface area contributed by atoms with Gasteiger partial charge in [0.15, 0.2) is 6.61 Å². The zero-order valence-corrected chi connectivity index (χ0v) is 14.7. The van der Waals surface area contributed by atoms with Crippen molar-refractivity contribution in [1.29, 1.82) is 0 Å². The predicted molar refractivity (Wildman–Crippen MR) is 82.9 cm³/mol. The highest BCUT2D eigenvalue weighted by Crippen LogP contribution is 2.36. The minimum absolute atomic E-state index is 0.0366. The lowest BCUT2D eigenvalue weighted by Gasteiger charge is -2.13. The first-order chi connectivity index (χ1) is 11.5. The van der Waals surface area contributed by atoms with Crippen molar-refractivity contribution >= 4 is 16.8 Å². The molecule has 0 saturated carbocycles. The van der Waals surface area contributed by atoms with Crippen molar-refractivity contribution < 1.29 is 31.5 Å². The van der Waals surface area contributed by atoms with Gasteiger partial charge in [0.25, 0.3) is 6.43 Å². The molecular weight excluding hydrogens is 369 g/mol. The van der Waals surface area contributed by atoms with Crippen LogP contribution in [0.4, 0.5) is 22.0 Å². The van der Waals surface area contributed by atoms with Crippen molar-refractivity contribution in [3.05, 3.63) is 11.3 Å². The number of hydrogen-bond acceptors (Lipinski definition) is 5. The Morgan fingerprint density at radius 3 is 2.52 bits per heavy atom. The van der Waals surface area contributed by atoms with Gasteiger partial charge < -0.3 is 9.57 Å². The fraction of sp³-hybridized carbons (Fsp3) is 0.714. The van der Waals surface area contributed by atoms with Crippen LogP contribution in [0.5, 0.6) is 5.88 Å². The summed E-state index contributed by atoms with van der Waals surface area (Å²) in [6.07, 6.45) is -7.01. The molecule has 5 nitrogen and oxygen atoms in total. The molecule has 142 valence electrons. The third kappa shape index (κ3) is 5.23. The van der Waals surface area contributed by atoms with Gasteiger partial charge in [-0.3, -0.25) is 0 Å². The lowest BCUT2D eigenvalue weighted by Crippen LogP contribution is -2.21. The molecule has 0 amide bonds. The highest BCUT2D eigenvalue weighted by atomic mass is 32.2. The van der Waals surface area contributed by atoms with Gasteiger partial charge in [-0.2, -0.15) is 18.3 Å². The number of thioether (sulfide) groups is 1. The van der Waals surface area contributed by atoms with Gasteiger partial charge in [-0.25, -0.2) is 13.5 Å². The van der Waals surface area contributed by atoms with Crippen LogP contribution in [0.2, 0.25) is 0 Å². The quantitative estimate of drug-likeness (QED) is 0.673. The maximum absolute atomic E-state index is 13.2. The van der Waals surface area contributed by atoms with E-state index in [0.717, 1.165) is 16.4 Å². The predicted octanol–water partition coefficient (Wildman–Crippen LogP) is 4.53. The van der Waals surface area contributed by atoms with E-state index in [9.17, 15) is 22.0 Å². The molecule has 0 aromatic carbocycles. The Morgan fingerprint density at radius 2 is 2.04 bits per heavy atom. The molecule has 1 aromatic rings. The molecule has 0 atom stereocenters. The van der Waals surface area contributed by atoms with Gasteiger partial charge in [-0.15, -0.1) is 11.8 Å². The van der Waals surface area contributed by atoms with Crippen molar-refractivity contribution in [2.75, 3.05) is 6.61 Å². The zero-order chi connectivity index (χ0) is 18.8.